The van der Waals surface area contributed by atoms with E-state index in [-0.39, 0.29) is 5.88 Å². The third kappa shape index (κ3) is 2.43. The van der Waals surface area contributed by atoms with Crippen LogP contribution in [0.4, 0.5) is 0 Å². The Balaban J connectivity index is 2.81. The molecular formula is C7H7BrClNO. The fourth-order valence-corrected chi connectivity index (χ4v) is 1.09. The quantitative estimate of drug-likeness (QED) is 0.630. The molecular weight excluding hydrogens is 229 g/mol. The van der Waals surface area contributed by atoms with Crippen LogP contribution in [0.25, 0.3) is 0 Å². The normalized spacial score (nSPS) is 13.0. The number of aliphatic hydroxyl groups excluding tert-OH is 1. The highest BCUT2D eigenvalue weighted by atomic mass is 79.9. The average molecular weight is 236 g/mol. The molecule has 0 spiro atoms. The fraction of sp³-hybridized carbons (Fsp3) is 0.286. The van der Waals surface area contributed by atoms with Crippen LogP contribution in [0, 0.1) is 0 Å². The Bertz CT molecular complexity index is 226. The van der Waals surface area contributed by atoms with Crippen molar-refractivity contribution in [2.45, 2.75) is 6.10 Å². The zero-order valence-corrected chi connectivity index (χ0v) is 8.01. The number of pyridine rings is 1. The summed E-state index contributed by atoms with van der Waals surface area (Å²) >= 11 is 8.63. The van der Waals surface area contributed by atoms with Crippen LogP contribution in [0.1, 0.15) is 11.7 Å². The Hall–Kier alpha value is -0.120. The standard InChI is InChI=1S/C7H7BrClNO/c8-7-2-1-5(4-10-7)6(11)3-9/h1-2,4,6,11H,3H2. The first-order valence-electron chi connectivity index (χ1n) is 3.09. The van der Waals surface area contributed by atoms with E-state index in [9.17, 15) is 5.11 Å². The molecule has 0 radical (unpaired) electrons. The van der Waals surface area contributed by atoms with E-state index in [0.717, 1.165) is 10.2 Å². The number of hydrogen-bond donors (Lipinski definition) is 1. The highest BCUT2D eigenvalue weighted by Gasteiger charge is 2.04. The van der Waals surface area contributed by atoms with E-state index in [0.29, 0.717) is 0 Å². The van der Waals surface area contributed by atoms with Crippen molar-refractivity contribution in [1.82, 2.24) is 4.98 Å². The molecule has 2 nitrogen and oxygen atoms in total. The second-order valence-electron chi connectivity index (χ2n) is 2.08. The molecule has 1 atom stereocenters. The van der Waals surface area contributed by atoms with Crippen molar-refractivity contribution in [2.75, 3.05) is 5.88 Å². The van der Waals surface area contributed by atoms with Gasteiger partial charge in [-0.15, -0.1) is 11.6 Å². The van der Waals surface area contributed by atoms with E-state index in [2.05, 4.69) is 20.9 Å². The number of alkyl halides is 1. The number of aromatic nitrogens is 1. The Kier molecular flexibility index (Phi) is 3.30. The van der Waals surface area contributed by atoms with Gasteiger partial charge < -0.3 is 5.11 Å². The van der Waals surface area contributed by atoms with Crippen LogP contribution >= 0.6 is 27.5 Å². The van der Waals surface area contributed by atoms with E-state index in [1.54, 1.807) is 18.3 Å². The maximum atomic E-state index is 9.23. The molecule has 1 N–H and O–H groups in total. The Morgan fingerprint density at radius 1 is 1.64 bits per heavy atom. The summed E-state index contributed by atoms with van der Waals surface area (Å²) < 4.78 is 0.753. The van der Waals surface area contributed by atoms with Gasteiger partial charge in [-0.2, -0.15) is 0 Å². The van der Waals surface area contributed by atoms with Gasteiger partial charge in [-0.1, -0.05) is 6.07 Å². The summed E-state index contributed by atoms with van der Waals surface area (Å²) in [5.41, 5.74) is 0.739. The molecule has 1 heterocycles. The number of hydrogen-bond acceptors (Lipinski definition) is 2. The molecule has 0 saturated carbocycles. The van der Waals surface area contributed by atoms with Gasteiger partial charge in [-0.05, 0) is 22.0 Å². The molecule has 1 aromatic heterocycles. The summed E-state index contributed by atoms with van der Waals surface area (Å²) in [5, 5.41) is 9.23. The van der Waals surface area contributed by atoms with Crippen LogP contribution in [0.3, 0.4) is 0 Å². The van der Waals surface area contributed by atoms with Crippen LogP contribution in [0.2, 0.25) is 0 Å². The first-order valence-corrected chi connectivity index (χ1v) is 4.42. The van der Waals surface area contributed by atoms with Gasteiger partial charge in [-0.25, -0.2) is 4.98 Å². The topological polar surface area (TPSA) is 33.1 Å². The maximum Gasteiger partial charge on any atom is 0.106 e. The third-order valence-electron chi connectivity index (χ3n) is 1.28. The predicted octanol–water partition coefficient (Wildman–Crippen LogP) is 2.12. The van der Waals surface area contributed by atoms with Gasteiger partial charge in [-0.3, -0.25) is 0 Å². The molecule has 1 unspecified atom stereocenters. The molecule has 0 amide bonds. The molecule has 0 aromatic carbocycles. The highest BCUT2D eigenvalue weighted by Crippen LogP contribution is 2.14. The van der Waals surface area contributed by atoms with E-state index in [1.165, 1.54) is 0 Å². The van der Waals surface area contributed by atoms with Gasteiger partial charge >= 0.3 is 0 Å². The summed E-state index contributed by atoms with van der Waals surface area (Å²) in [6.45, 7) is 0. The Morgan fingerprint density at radius 3 is 2.82 bits per heavy atom. The molecule has 11 heavy (non-hydrogen) atoms. The van der Waals surface area contributed by atoms with Crippen LogP contribution in [-0.4, -0.2) is 16.0 Å². The minimum Gasteiger partial charge on any atom is -0.387 e. The summed E-state index contributed by atoms with van der Waals surface area (Å²) in [5.74, 6) is 0.198. The first kappa shape index (κ1) is 8.97. The second kappa shape index (κ2) is 4.04. The highest BCUT2D eigenvalue weighted by molar-refractivity contribution is 9.10. The van der Waals surface area contributed by atoms with Crippen molar-refractivity contribution >= 4 is 27.5 Å². The van der Waals surface area contributed by atoms with Crippen molar-refractivity contribution < 1.29 is 5.11 Å². The molecule has 0 aliphatic rings. The van der Waals surface area contributed by atoms with E-state index in [1.807, 2.05) is 0 Å². The number of rotatable bonds is 2. The molecule has 1 aromatic rings. The van der Waals surface area contributed by atoms with Gasteiger partial charge in [0.15, 0.2) is 0 Å². The third-order valence-corrected chi connectivity index (χ3v) is 2.04. The SMILES string of the molecule is OC(CCl)c1ccc(Br)nc1. The van der Waals surface area contributed by atoms with Crippen LogP contribution in [-0.2, 0) is 0 Å². The van der Waals surface area contributed by atoms with Gasteiger partial charge in [0.05, 0.1) is 12.0 Å². The van der Waals surface area contributed by atoms with Crippen LogP contribution < -0.4 is 0 Å². The molecule has 4 heteroatoms. The predicted molar refractivity (Wildman–Crippen MR) is 47.6 cm³/mol. The monoisotopic (exact) mass is 235 g/mol. The van der Waals surface area contributed by atoms with Gasteiger partial charge in [0, 0.05) is 11.8 Å². The smallest absolute Gasteiger partial charge is 0.106 e. The van der Waals surface area contributed by atoms with Crippen molar-refractivity contribution in [2.24, 2.45) is 0 Å². The molecule has 0 aliphatic carbocycles. The lowest BCUT2D eigenvalue weighted by molar-refractivity contribution is 0.202. The number of halogens is 2. The molecule has 0 aliphatic heterocycles. The molecule has 0 saturated heterocycles. The van der Waals surface area contributed by atoms with E-state index >= 15 is 0 Å². The van der Waals surface area contributed by atoms with Gasteiger partial charge in [0.25, 0.3) is 0 Å². The van der Waals surface area contributed by atoms with Gasteiger partial charge in [0.1, 0.15) is 4.60 Å². The van der Waals surface area contributed by atoms with Crippen molar-refractivity contribution in [3.05, 3.63) is 28.5 Å². The zero-order chi connectivity index (χ0) is 8.27. The lowest BCUT2D eigenvalue weighted by atomic mass is 10.2. The number of aliphatic hydroxyl groups is 1. The van der Waals surface area contributed by atoms with Crippen molar-refractivity contribution in [1.29, 1.82) is 0 Å². The first-order chi connectivity index (χ1) is 5.24. The second-order valence-corrected chi connectivity index (χ2v) is 3.21. The molecule has 0 bridgehead atoms. The van der Waals surface area contributed by atoms with E-state index < -0.39 is 6.10 Å². The Morgan fingerprint density at radius 2 is 2.36 bits per heavy atom. The van der Waals surface area contributed by atoms with Crippen LogP contribution in [0.5, 0.6) is 0 Å². The van der Waals surface area contributed by atoms with Gasteiger partial charge in [0.2, 0.25) is 0 Å². The lowest BCUT2D eigenvalue weighted by Crippen LogP contribution is -1.98. The summed E-state index contributed by atoms with van der Waals surface area (Å²) in [7, 11) is 0. The molecule has 0 fully saturated rings. The summed E-state index contributed by atoms with van der Waals surface area (Å²) in [6, 6.07) is 3.55. The minimum atomic E-state index is -0.614. The minimum absolute atomic E-state index is 0.198. The average Bonchev–Trinajstić information content (AvgIpc) is 2.05. The molecule has 60 valence electrons. The van der Waals surface area contributed by atoms with Crippen molar-refractivity contribution in [3.8, 4) is 0 Å². The summed E-state index contributed by atoms with van der Waals surface area (Å²) in [4.78, 5) is 3.95. The van der Waals surface area contributed by atoms with Crippen molar-refractivity contribution in [3.63, 3.8) is 0 Å². The maximum absolute atomic E-state index is 9.23. The van der Waals surface area contributed by atoms with E-state index in [4.69, 9.17) is 11.6 Å². The largest absolute Gasteiger partial charge is 0.387 e. The summed E-state index contributed by atoms with van der Waals surface area (Å²) in [6.07, 6.45) is 0.981. The molecule has 1 rings (SSSR count). The lowest BCUT2D eigenvalue weighted by Gasteiger charge is -2.04. The number of nitrogens with zero attached hydrogens (tertiary/aromatic N) is 1. The fourth-order valence-electron chi connectivity index (χ4n) is 0.673. The van der Waals surface area contributed by atoms with Crippen LogP contribution in [0.15, 0.2) is 22.9 Å². The Labute approximate surface area is 78.3 Å². The zero-order valence-electron chi connectivity index (χ0n) is 5.67.